The van der Waals surface area contributed by atoms with Gasteiger partial charge in [-0.05, 0) is 54.8 Å². The number of pyridine rings is 1. The number of imidazole rings is 1. The van der Waals surface area contributed by atoms with Crippen molar-refractivity contribution in [2.24, 2.45) is 0 Å². The average molecular weight is 350 g/mol. The number of nitrogens with one attached hydrogen (secondary N) is 1. The van der Waals surface area contributed by atoms with Crippen molar-refractivity contribution in [1.82, 2.24) is 14.5 Å². The summed E-state index contributed by atoms with van der Waals surface area (Å²) < 4.78 is 8.21. The lowest BCUT2D eigenvalue weighted by atomic mass is 10.1. The van der Waals surface area contributed by atoms with Crippen LogP contribution in [0.15, 0.2) is 67.5 Å². The molecule has 0 radical (unpaired) electrons. The number of hydrogen-bond donors (Lipinski definition) is 1. The number of ether oxygens (including phenoxy) is 1. The smallest absolute Gasteiger partial charge is 0.221 e. The fourth-order valence-corrected chi connectivity index (χ4v) is 2.71. The van der Waals surface area contributed by atoms with Gasteiger partial charge in [0.05, 0.1) is 12.9 Å². The first kappa shape index (κ1) is 17.7. The van der Waals surface area contributed by atoms with Gasteiger partial charge in [-0.25, -0.2) is 4.98 Å². The van der Waals surface area contributed by atoms with Crippen LogP contribution in [0.25, 0.3) is 0 Å². The molecule has 3 rings (SSSR count). The van der Waals surface area contributed by atoms with E-state index in [-0.39, 0.29) is 12.0 Å². The molecule has 2 heterocycles. The Kier molecular flexibility index (Phi) is 5.98. The fraction of sp³-hybridized carbons (Fsp3) is 0.250. The zero-order valence-electron chi connectivity index (χ0n) is 14.7. The van der Waals surface area contributed by atoms with Crippen LogP contribution in [0.4, 0.5) is 5.69 Å². The fourth-order valence-electron chi connectivity index (χ4n) is 2.71. The lowest BCUT2D eigenvalue weighted by Gasteiger charge is -2.20. The second kappa shape index (κ2) is 8.80. The van der Waals surface area contributed by atoms with Gasteiger partial charge in [-0.15, -0.1) is 0 Å². The molecule has 0 aliphatic carbocycles. The van der Waals surface area contributed by atoms with E-state index >= 15 is 0 Å². The number of benzene rings is 1. The summed E-state index contributed by atoms with van der Waals surface area (Å²) in [6.07, 6.45) is 10.9. The zero-order valence-corrected chi connectivity index (χ0v) is 14.7. The molecule has 1 amide bonds. The molecule has 26 heavy (non-hydrogen) atoms. The van der Waals surface area contributed by atoms with Crippen molar-refractivity contribution >= 4 is 11.6 Å². The second-order valence-corrected chi connectivity index (χ2v) is 6.10. The number of nitrogens with zero attached hydrogens (tertiary/aromatic N) is 3. The maximum Gasteiger partial charge on any atom is 0.221 e. The minimum atomic E-state index is -0.0889. The summed E-state index contributed by atoms with van der Waals surface area (Å²) in [6.45, 7) is 2.21. The maximum absolute atomic E-state index is 11.1. The van der Waals surface area contributed by atoms with Gasteiger partial charge in [0.25, 0.3) is 0 Å². The Morgan fingerprint density at radius 1 is 1.12 bits per heavy atom. The van der Waals surface area contributed by atoms with Crippen LogP contribution in [0, 0.1) is 0 Å². The molecule has 0 aliphatic rings. The molecule has 0 spiro atoms. The Hall–Kier alpha value is -3.15. The standard InChI is InChI=1S/C20H22N4O2/c1-16(25)23-18-3-6-19(7-4-18)26-20(14-24-13-12-22-15-24)5-2-17-8-10-21-11-9-17/h3-4,6-13,15,20H,2,5,14H2,1H3,(H,23,25). The molecule has 0 aliphatic heterocycles. The Morgan fingerprint density at radius 3 is 2.54 bits per heavy atom. The van der Waals surface area contributed by atoms with Crippen LogP contribution in [0.5, 0.6) is 5.75 Å². The molecular formula is C20H22N4O2. The van der Waals surface area contributed by atoms with Crippen molar-refractivity contribution in [3.63, 3.8) is 0 Å². The third-order valence-electron chi connectivity index (χ3n) is 3.96. The SMILES string of the molecule is CC(=O)Nc1ccc(OC(CCc2ccncc2)Cn2ccnc2)cc1. The van der Waals surface area contributed by atoms with Crippen LogP contribution in [0.1, 0.15) is 18.9 Å². The van der Waals surface area contributed by atoms with Crippen molar-refractivity contribution in [2.45, 2.75) is 32.4 Å². The van der Waals surface area contributed by atoms with Gasteiger partial charge in [-0.1, -0.05) is 0 Å². The lowest BCUT2D eigenvalue weighted by Crippen LogP contribution is -2.23. The summed E-state index contributed by atoms with van der Waals surface area (Å²) in [4.78, 5) is 19.3. The molecule has 1 atom stereocenters. The molecule has 0 saturated heterocycles. The highest BCUT2D eigenvalue weighted by Gasteiger charge is 2.12. The quantitative estimate of drug-likeness (QED) is 0.677. The van der Waals surface area contributed by atoms with Crippen molar-refractivity contribution in [3.8, 4) is 5.75 Å². The Balaban J connectivity index is 1.65. The Labute approximate surface area is 152 Å². The highest BCUT2D eigenvalue weighted by molar-refractivity contribution is 5.88. The summed E-state index contributed by atoms with van der Waals surface area (Å²) in [7, 11) is 0. The van der Waals surface area contributed by atoms with Crippen molar-refractivity contribution in [3.05, 3.63) is 73.1 Å². The zero-order chi connectivity index (χ0) is 18.2. The summed E-state index contributed by atoms with van der Waals surface area (Å²) in [5.74, 6) is 0.688. The summed E-state index contributed by atoms with van der Waals surface area (Å²) in [5.41, 5.74) is 1.99. The van der Waals surface area contributed by atoms with Gasteiger partial charge in [0.15, 0.2) is 0 Å². The van der Waals surface area contributed by atoms with Crippen LogP contribution in [-0.2, 0) is 17.8 Å². The number of amides is 1. The van der Waals surface area contributed by atoms with Crippen LogP contribution >= 0.6 is 0 Å². The van der Waals surface area contributed by atoms with Gasteiger partial charge in [0.2, 0.25) is 5.91 Å². The van der Waals surface area contributed by atoms with Crippen molar-refractivity contribution in [1.29, 1.82) is 0 Å². The normalized spacial score (nSPS) is 11.7. The topological polar surface area (TPSA) is 69.0 Å². The molecule has 0 bridgehead atoms. The molecular weight excluding hydrogens is 328 g/mol. The van der Waals surface area contributed by atoms with E-state index in [2.05, 4.69) is 15.3 Å². The first-order valence-electron chi connectivity index (χ1n) is 8.58. The molecule has 6 heteroatoms. The predicted octanol–water partition coefficient (Wildman–Crippen LogP) is 3.32. The summed E-state index contributed by atoms with van der Waals surface area (Å²) in [6, 6.07) is 11.5. The molecule has 0 saturated carbocycles. The van der Waals surface area contributed by atoms with Crippen LogP contribution in [0.2, 0.25) is 0 Å². The Bertz CT molecular complexity index is 802. The number of anilines is 1. The van der Waals surface area contributed by atoms with Crippen LogP contribution < -0.4 is 10.1 Å². The number of aryl methyl sites for hydroxylation is 1. The van der Waals surface area contributed by atoms with Gasteiger partial charge in [0, 0.05) is 37.4 Å². The largest absolute Gasteiger partial charge is 0.489 e. The van der Waals surface area contributed by atoms with Gasteiger partial charge >= 0.3 is 0 Å². The second-order valence-electron chi connectivity index (χ2n) is 6.10. The minimum Gasteiger partial charge on any atom is -0.489 e. The molecule has 1 N–H and O–H groups in total. The molecule has 1 aromatic carbocycles. The molecule has 6 nitrogen and oxygen atoms in total. The van der Waals surface area contributed by atoms with Crippen LogP contribution in [-0.4, -0.2) is 26.5 Å². The monoisotopic (exact) mass is 350 g/mol. The predicted molar refractivity (Wildman–Crippen MR) is 99.9 cm³/mol. The van der Waals surface area contributed by atoms with E-state index in [0.29, 0.717) is 0 Å². The van der Waals surface area contributed by atoms with E-state index in [1.54, 1.807) is 12.5 Å². The molecule has 2 aromatic heterocycles. The highest BCUT2D eigenvalue weighted by atomic mass is 16.5. The van der Waals surface area contributed by atoms with Crippen molar-refractivity contribution in [2.75, 3.05) is 5.32 Å². The first-order chi connectivity index (χ1) is 12.7. The van der Waals surface area contributed by atoms with Crippen molar-refractivity contribution < 1.29 is 9.53 Å². The number of hydrogen-bond acceptors (Lipinski definition) is 4. The minimum absolute atomic E-state index is 0.00369. The van der Waals surface area contributed by atoms with Crippen LogP contribution in [0.3, 0.4) is 0 Å². The molecule has 1 unspecified atom stereocenters. The third kappa shape index (κ3) is 5.44. The number of carbonyl (C=O) groups excluding carboxylic acids is 1. The molecule has 0 fully saturated rings. The van der Waals surface area contributed by atoms with E-state index < -0.39 is 0 Å². The third-order valence-corrected chi connectivity index (χ3v) is 3.96. The first-order valence-corrected chi connectivity index (χ1v) is 8.58. The lowest BCUT2D eigenvalue weighted by molar-refractivity contribution is -0.114. The van der Waals surface area contributed by atoms with E-state index in [1.807, 2.05) is 59.6 Å². The van der Waals surface area contributed by atoms with Gasteiger partial charge in [-0.2, -0.15) is 0 Å². The van der Waals surface area contributed by atoms with E-state index in [9.17, 15) is 4.79 Å². The summed E-state index contributed by atoms with van der Waals surface area (Å²) >= 11 is 0. The highest BCUT2D eigenvalue weighted by Crippen LogP contribution is 2.19. The van der Waals surface area contributed by atoms with E-state index in [4.69, 9.17) is 4.74 Å². The number of aromatic nitrogens is 3. The van der Waals surface area contributed by atoms with E-state index in [0.717, 1.165) is 30.8 Å². The number of carbonyl (C=O) groups is 1. The maximum atomic E-state index is 11.1. The molecule has 134 valence electrons. The summed E-state index contributed by atoms with van der Waals surface area (Å²) in [5, 5.41) is 2.76. The average Bonchev–Trinajstić information content (AvgIpc) is 3.15. The van der Waals surface area contributed by atoms with Gasteiger partial charge in [-0.3, -0.25) is 9.78 Å². The van der Waals surface area contributed by atoms with E-state index in [1.165, 1.54) is 12.5 Å². The Morgan fingerprint density at radius 2 is 1.88 bits per heavy atom. The van der Waals surface area contributed by atoms with Gasteiger partial charge < -0.3 is 14.6 Å². The van der Waals surface area contributed by atoms with Gasteiger partial charge in [0.1, 0.15) is 11.9 Å². The molecule has 3 aromatic rings. The number of rotatable bonds is 8.